The van der Waals surface area contributed by atoms with E-state index in [2.05, 4.69) is 59.5 Å². The number of hydrogen-bond donors (Lipinski definition) is 0. The quantitative estimate of drug-likeness (QED) is 0.553. The molecule has 4 nitrogen and oxygen atoms in total. The van der Waals surface area contributed by atoms with Crippen LogP contribution in [-0.2, 0) is 11.3 Å². The van der Waals surface area contributed by atoms with E-state index in [0.717, 1.165) is 43.0 Å². The topological polar surface area (TPSA) is 37.6 Å². The highest BCUT2D eigenvalue weighted by Gasteiger charge is 2.19. The summed E-state index contributed by atoms with van der Waals surface area (Å²) in [5.41, 5.74) is 4.75. The van der Waals surface area contributed by atoms with Crippen molar-refractivity contribution in [2.24, 2.45) is 4.99 Å². The van der Waals surface area contributed by atoms with Gasteiger partial charge in [0.15, 0.2) is 4.80 Å². The molecule has 1 aliphatic heterocycles. The van der Waals surface area contributed by atoms with E-state index in [9.17, 15) is 4.79 Å². The number of thiazole rings is 1. The van der Waals surface area contributed by atoms with E-state index in [4.69, 9.17) is 4.99 Å². The molecular weight excluding hydrogens is 386 g/mol. The number of benzene rings is 1. The molecule has 0 N–H and O–H groups in total. The highest BCUT2D eigenvalue weighted by molar-refractivity contribution is 7.14. The predicted octanol–water partition coefficient (Wildman–Crippen LogP) is 5.14. The first kappa shape index (κ1) is 19.2. The average molecular weight is 412 g/mol. The zero-order valence-electron chi connectivity index (χ0n) is 16.4. The van der Waals surface area contributed by atoms with Crippen molar-refractivity contribution in [3.8, 4) is 10.6 Å². The molecule has 0 unspecified atom stereocenters. The van der Waals surface area contributed by atoms with Gasteiger partial charge in [0.1, 0.15) is 0 Å². The summed E-state index contributed by atoms with van der Waals surface area (Å²) in [6.07, 6.45) is 2.65. The largest absolute Gasteiger partial charge is 0.343 e. The number of thiophene rings is 1. The summed E-state index contributed by atoms with van der Waals surface area (Å²) < 4.78 is 2.31. The number of nitrogens with zero attached hydrogens (tertiary/aromatic N) is 3. The molecule has 1 saturated heterocycles. The Bertz CT molecular complexity index is 1030. The van der Waals surface area contributed by atoms with Crippen molar-refractivity contribution in [3.05, 3.63) is 57.0 Å². The molecule has 0 bridgehead atoms. The lowest BCUT2D eigenvalue weighted by Gasteiger charge is -2.16. The first-order valence-electron chi connectivity index (χ1n) is 9.74. The predicted molar refractivity (Wildman–Crippen MR) is 117 cm³/mol. The van der Waals surface area contributed by atoms with E-state index in [1.54, 1.807) is 22.7 Å². The summed E-state index contributed by atoms with van der Waals surface area (Å²) in [5, 5.41) is 4.31. The highest BCUT2D eigenvalue weighted by atomic mass is 32.1. The van der Waals surface area contributed by atoms with Gasteiger partial charge in [-0.2, -0.15) is 0 Å². The molecule has 28 heavy (non-hydrogen) atoms. The Morgan fingerprint density at radius 3 is 2.71 bits per heavy atom. The molecular formula is C22H25N3OS2. The lowest BCUT2D eigenvalue weighted by atomic mass is 10.1. The lowest BCUT2D eigenvalue weighted by Crippen LogP contribution is -2.27. The Morgan fingerprint density at radius 2 is 2.00 bits per heavy atom. The zero-order valence-corrected chi connectivity index (χ0v) is 18.0. The van der Waals surface area contributed by atoms with Crippen molar-refractivity contribution in [1.29, 1.82) is 0 Å². The molecule has 146 valence electrons. The minimum atomic E-state index is 0.300. The molecule has 1 fully saturated rings. The maximum atomic E-state index is 11.9. The van der Waals surface area contributed by atoms with Crippen LogP contribution >= 0.6 is 22.7 Å². The van der Waals surface area contributed by atoms with Crippen molar-refractivity contribution < 1.29 is 4.79 Å². The number of carbonyl (C=O) groups is 1. The van der Waals surface area contributed by atoms with Crippen molar-refractivity contribution in [1.82, 2.24) is 9.47 Å². The number of carbonyl (C=O) groups excluding carboxylic acids is 1. The summed E-state index contributed by atoms with van der Waals surface area (Å²) in [4.78, 5) is 21.1. The van der Waals surface area contributed by atoms with Crippen LogP contribution in [0, 0.1) is 13.8 Å². The van der Waals surface area contributed by atoms with Gasteiger partial charge in [0.25, 0.3) is 0 Å². The van der Waals surface area contributed by atoms with Crippen LogP contribution in [0.4, 0.5) is 5.69 Å². The first-order chi connectivity index (χ1) is 13.6. The maximum Gasteiger partial charge on any atom is 0.222 e. The first-order valence-corrected chi connectivity index (χ1v) is 11.5. The fourth-order valence-electron chi connectivity index (χ4n) is 3.52. The standard InChI is InChI=1S/C22H25N3OS2/c1-16-8-9-18(14-17(16)2)23-22-25(12-5-11-24-10-3-7-21(24)26)19(15-28-22)20-6-4-13-27-20/h4,6,8-9,13-15H,3,5,7,10-12H2,1-2H3. The normalized spacial score (nSPS) is 15.0. The third kappa shape index (κ3) is 4.13. The van der Waals surface area contributed by atoms with Gasteiger partial charge in [-0.15, -0.1) is 22.7 Å². The molecule has 6 heteroatoms. The van der Waals surface area contributed by atoms with Crippen LogP contribution in [0.15, 0.2) is 46.1 Å². The third-order valence-corrected chi connectivity index (χ3v) is 7.02. The van der Waals surface area contributed by atoms with E-state index in [1.807, 2.05) is 4.90 Å². The summed E-state index contributed by atoms with van der Waals surface area (Å²) in [6, 6.07) is 10.6. The van der Waals surface area contributed by atoms with E-state index < -0.39 is 0 Å². The van der Waals surface area contributed by atoms with Crippen molar-refractivity contribution in [3.63, 3.8) is 0 Å². The molecule has 1 amide bonds. The third-order valence-electron chi connectivity index (χ3n) is 5.27. The van der Waals surface area contributed by atoms with Crippen LogP contribution in [-0.4, -0.2) is 28.5 Å². The van der Waals surface area contributed by atoms with Crippen LogP contribution in [0.2, 0.25) is 0 Å². The second-order valence-electron chi connectivity index (χ2n) is 7.25. The van der Waals surface area contributed by atoms with E-state index >= 15 is 0 Å². The molecule has 0 spiro atoms. The number of likely N-dealkylation sites (tertiary alicyclic amines) is 1. The van der Waals surface area contributed by atoms with Gasteiger partial charge in [-0.3, -0.25) is 4.79 Å². The maximum absolute atomic E-state index is 11.9. The van der Waals surface area contributed by atoms with E-state index in [1.165, 1.54) is 21.7 Å². The zero-order chi connectivity index (χ0) is 19.5. The Balaban J connectivity index is 1.63. The van der Waals surface area contributed by atoms with Gasteiger partial charge in [-0.05, 0) is 61.4 Å². The van der Waals surface area contributed by atoms with Crippen molar-refractivity contribution in [2.75, 3.05) is 13.1 Å². The summed E-state index contributed by atoms with van der Waals surface area (Å²) >= 11 is 3.44. The van der Waals surface area contributed by atoms with Crippen LogP contribution in [0.5, 0.6) is 0 Å². The van der Waals surface area contributed by atoms with Gasteiger partial charge in [0.05, 0.1) is 16.3 Å². The fraction of sp³-hybridized carbons (Fsp3) is 0.364. The summed E-state index contributed by atoms with van der Waals surface area (Å²) in [7, 11) is 0. The Hall–Kier alpha value is -2.18. The number of aromatic nitrogens is 1. The Kier molecular flexibility index (Phi) is 5.78. The number of hydrogen-bond acceptors (Lipinski definition) is 4. The van der Waals surface area contributed by atoms with Crippen LogP contribution in [0.3, 0.4) is 0 Å². The molecule has 3 heterocycles. The molecule has 2 aromatic heterocycles. The molecule has 0 atom stereocenters. The minimum Gasteiger partial charge on any atom is -0.343 e. The van der Waals surface area contributed by atoms with Crippen molar-refractivity contribution in [2.45, 2.75) is 39.7 Å². The average Bonchev–Trinajstić information content (AvgIpc) is 3.41. The highest BCUT2D eigenvalue weighted by Crippen LogP contribution is 2.26. The number of rotatable bonds is 6. The number of amides is 1. The van der Waals surface area contributed by atoms with Crippen LogP contribution in [0.1, 0.15) is 30.4 Å². The second-order valence-corrected chi connectivity index (χ2v) is 9.03. The van der Waals surface area contributed by atoms with Gasteiger partial charge < -0.3 is 9.47 Å². The smallest absolute Gasteiger partial charge is 0.222 e. The SMILES string of the molecule is Cc1ccc(N=c2scc(-c3cccs3)n2CCCN2CCCC2=O)cc1C. The number of aryl methyl sites for hydroxylation is 2. The molecule has 0 radical (unpaired) electrons. The lowest BCUT2D eigenvalue weighted by molar-refractivity contribution is -0.127. The molecule has 1 aromatic carbocycles. The summed E-state index contributed by atoms with van der Waals surface area (Å²) in [5.74, 6) is 0.300. The van der Waals surface area contributed by atoms with Gasteiger partial charge in [-0.1, -0.05) is 12.1 Å². The molecule has 3 aromatic rings. The van der Waals surface area contributed by atoms with Gasteiger partial charge in [-0.25, -0.2) is 4.99 Å². The fourth-order valence-corrected chi connectivity index (χ4v) is 5.29. The Morgan fingerprint density at radius 1 is 1.11 bits per heavy atom. The minimum absolute atomic E-state index is 0.300. The summed E-state index contributed by atoms with van der Waals surface area (Å²) in [6.45, 7) is 6.85. The Labute approximate surface area is 173 Å². The van der Waals surface area contributed by atoms with E-state index in [-0.39, 0.29) is 0 Å². The second kappa shape index (κ2) is 8.45. The molecule has 1 aliphatic rings. The van der Waals surface area contributed by atoms with Gasteiger partial charge in [0, 0.05) is 31.4 Å². The van der Waals surface area contributed by atoms with Gasteiger partial charge >= 0.3 is 0 Å². The molecule has 4 rings (SSSR count). The van der Waals surface area contributed by atoms with E-state index in [0.29, 0.717) is 12.3 Å². The monoisotopic (exact) mass is 411 g/mol. The van der Waals surface area contributed by atoms with Gasteiger partial charge in [0.2, 0.25) is 5.91 Å². The van der Waals surface area contributed by atoms with Crippen LogP contribution in [0.25, 0.3) is 10.6 Å². The molecule has 0 aliphatic carbocycles. The van der Waals surface area contributed by atoms with Crippen LogP contribution < -0.4 is 4.80 Å². The molecule has 0 saturated carbocycles. The van der Waals surface area contributed by atoms with Crippen molar-refractivity contribution >= 4 is 34.3 Å².